The maximum Gasteiger partial charge on any atom is 0.102 e. The van der Waals surface area contributed by atoms with Crippen molar-refractivity contribution in [3.8, 4) is 0 Å². The van der Waals surface area contributed by atoms with E-state index in [1.807, 2.05) is 20.8 Å². The molecular weight excluding hydrogens is 104 g/mol. The zero-order chi connectivity index (χ0) is 6.41. The van der Waals surface area contributed by atoms with E-state index >= 15 is 0 Å². The van der Waals surface area contributed by atoms with Gasteiger partial charge in [0, 0.05) is 0 Å². The van der Waals surface area contributed by atoms with Crippen molar-refractivity contribution < 1.29 is 4.63 Å². The Bertz CT molecular complexity index is 114. The first-order valence-corrected chi connectivity index (χ1v) is 2.64. The van der Waals surface area contributed by atoms with Gasteiger partial charge in [-0.15, -0.1) is 0 Å². The van der Waals surface area contributed by atoms with Gasteiger partial charge in [-0.25, -0.2) is 4.63 Å². The third-order valence-electron chi connectivity index (χ3n) is 0.471. The average Bonchev–Trinajstić information content (AvgIpc) is 2.24. The van der Waals surface area contributed by atoms with Crippen molar-refractivity contribution in [3.63, 3.8) is 0 Å². The highest BCUT2D eigenvalue weighted by atomic mass is 16.6. The van der Waals surface area contributed by atoms with Crippen LogP contribution in [0, 0.1) is 6.92 Å². The molecule has 0 saturated heterocycles. The van der Waals surface area contributed by atoms with Crippen molar-refractivity contribution in [2.24, 2.45) is 0 Å². The van der Waals surface area contributed by atoms with E-state index in [0.717, 1.165) is 5.69 Å². The summed E-state index contributed by atoms with van der Waals surface area (Å²) in [6.45, 7) is 5.82. The van der Waals surface area contributed by atoms with E-state index in [2.05, 4.69) is 14.9 Å². The van der Waals surface area contributed by atoms with Crippen LogP contribution in [0.2, 0.25) is 0 Å². The van der Waals surface area contributed by atoms with Crippen LogP contribution in [0.25, 0.3) is 0 Å². The molecule has 0 saturated carbocycles. The van der Waals surface area contributed by atoms with Crippen LogP contribution < -0.4 is 0 Å². The van der Waals surface area contributed by atoms with E-state index in [1.165, 1.54) is 0 Å². The van der Waals surface area contributed by atoms with Crippen LogP contribution in [0.3, 0.4) is 0 Å². The third kappa shape index (κ3) is 2.34. The Morgan fingerprint density at radius 2 is 2.12 bits per heavy atom. The number of aromatic nitrogens is 2. The van der Waals surface area contributed by atoms with E-state index in [1.54, 1.807) is 6.20 Å². The second kappa shape index (κ2) is 4.30. The van der Waals surface area contributed by atoms with Crippen LogP contribution in [-0.2, 0) is 0 Å². The summed E-state index contributed by atoms with van der Waals surface area (Å²) < 4.78 is 4.21. The molecule has 0 bridgehead atoms. The lowest BCUT2D eigenvalue weighted by atomic mass is 10.6. The minimum absolute atomic E-state index is 0.815. The molecule has 0 aliphatic carbocycles. The lowest BCUT2D eigenvalue weighted by Gasteiger charge is -1.58. The SMILES string of the molecule is CC.Cc1cnon1. The molecule has 1 aromatic rings. The molecule has 1 aromatic heterocycles. The number of rotatable bonds is 0. The molecule has 0 N–H and O–H groups in total. The largest absolute Gasteiger partial charge is 0.244 e. The fourth-order valence-electron chi connectivity index (χ4n) is 0.211. The van der Waals surface area contributed by atoms with Gasteiger partial charge >= 0.3 is 0 Å². The van der Waals surface area contributed by atoms with Gasteiger partial charge in [-0.2, -0.15) is 0 Å². The van der Waals surface area contributed by atoms with Gasteiger partial charge in [-0.3, -0.25) is 0 Å². The molecule has 0 unspecified atom stereocenters. The minimum atomic E-state index is 0.815. The Hall–Kier alpha value is -0.860. The molecule has 3 nitrogen and oxygen atoms in total. The van der Waals surface area contributed by atoms with Crippen molar-refractivity contribution in [2.45, 2.75) is 20.8 Å². The molecule has 0 fully saturated rings. The summed E-state index contributed by atoms with van der Waals surface area (Å²) in [5.74, 6) is 0. The van der Waals surface area contributed by atoms with Crippen molar-refractivity contribution in [1.29, 1.82) is 0 Å². The predicted molar refractivity (Wildman–Crippen MR) is 30.4 cm³/mol. The molecule has 0 aliphatic rings. The molecule has 0 aromatic carbocycles. The summed E-state index contributed by atoms with van der Waals surface area (Å²) in [5.41, 5.74) is 0.815. The van der Waals surface area contributed by atoms with Gasteiger partial charge in [-0.1, -0.05) is 24.2 Å². The zero-order valence-electron chi connectivity index (χ0n) is 5.38. The maximum atomic E-state index is 4.21. The summed E-state index contributed by atoms with van der Waals surface area (Å²) in [6.07, 6.45) is 1.56. The molecule has 0 aliphatic heterocycles. The number of hydrogen-bond acceptors (Lipinski definition) is 3. The first kappa shape index (κ1) is 7.14. The molecule has 46 valence electrons. The first-order chi connectivity index (χ1) is 3.89. The fourth-order valence-corrected chi connectivity index (χ4v) is 0.211. The zero-order valence-corrected chi connectivity index (χ0v) is 5.38. The Kier molecular flexibility index (Phi) is 3.84. The fraction of sp³-hybridized carbons (Fsp3) is 0.600. The highest BCUT2D eigenvalue weighted by Crippen LogP contribution is 1.81. The topological polar surface area (TPSA) is 38.9 Å². The Morgan fingerprint density at radius 3 is 2.25 bits per heavy atom. The number of hydrogen-bond donors (Lipinski definition) is 0. The smallest absolute Gasteiger partial charge is 0.102 e. The summed E-state index contributed by atoms with van der Waals surface area (Å²) in [5, 5.41) is 6.77. The van der Waals surface area contributed by atoms with E-state index in [-0.39, 0.29) is 0 Å². The highest BCUT2D eigenvalue weighted by molar-refractivity contribution is 4.81. The summed E-state index contributed by atoms with van der Waals surface area (Å²) >= 11 is 0. The van der Waals surface area contributed by atoms with Gasteiger partial charge in [0.05, 0.1) is 6.20 Å². The van der Waals surface area contributed by atoms with Crippen molar-refractivity contribution in [2.75, 3.05) is 0 Å². The van der Waals surface area contributed by atoms with Gasteiger partial charge in [0.25, 0.3) is 0 Å². The monoisotopic (exact) mass is 114 g/mol. The molecule has 3 heteroatoms. The Morgan fingerprint density at radius 1 is 1.50 bits per heavy atom. The van der Waals surface area contributed by atoms with Crippen LogP contribution in [-0.4, -0.2) is 10.3 Å². The summed E-state index contributed by atoms with van der Waals surface area (Å²) in [6, 6.07) is 0. The summed E-state index contributed by atoms with van der Waals surface area (Å²) in [4.78, 5) is 0. The standard InChI is InChI=1S/C3H4N2O.C2H6/c1-3-2-4-6-5-3;1-2/h2H,1H3;1-2H3. The van der Waals surface area contributed by atoms with Crippen LogP contribution in [0.15, 0.2) is 10.8 Å². The van der Waals surface area contributed by atoms with Crippen LogP contribution in [0.1, 0.15) is 19.5 Å². The quantitative estimate of drug-likeness (QED) is 0.511. The lowest BCUT2D eigenvalue weighted by molar-refractivity contribution is 0.304. The molecule has 1 heterocycles. The molecular formula is C5H10N2O. The van der Waals surface area contributed by atoms with Crippen LogP contribution in [0.5, 0.6) is 0 Å². The van der Waals surface area contributed by atoms with Crippen molar-refractivity contribution >= 4 is 0 Å². The van der Waals surface area contributed by atoms with Crippen molar-refractivity contribution in [3.05, 3.63) is 11.9 Å². The molecule has 0 radical (unpaired) electrons. The minimum Gasteiger partial charge on any atom is -0.244 e. The van der Waals surface area contributed by atoms with Gasteiger partial charge in [0.2, 0.25) is 0 Å². The van der Waals surface area contributed by atoms with E-state index in [4.69, 9.17) is 0 Å². The van der Waals surface area contributed by atoms with Gasteiger partial charge in [0.1, 0.15) is 5.69 Å². The average molecular weight is 114 g/mol. The van der Waals surface area contributed by atoms with Gasteiger partial charge in [-0.05, 0) is 6.92 Å². The molecule has 0 spiro atoms. The number of nitrogens with zero attached hydrogens (tertiary/aromatic N) is 2. The van der Waals surface area contributed by atoms with Gasteiger partial charge in [0.15, 0.2) is 0 Å². The molecule has 1 rings (SSSR count). The summed E-state index contributed by atoms with van der Waals surface area (Å²) in [7, 11) is 0. The second-order valence-corrected chi connectivity index (χ2v) is 1.05. The lowest BCUT2D eigenvalue weighted by Crippen LogP contribution is -1.59. The van der Waals surface area contributed by atoms with E-state index in [9.17, 15) is 0 Å². The van der Waals surface area contributed by atoms with Crippen LogP contribution in [0.4, 0.5) is 0 Å². The molecule has 8 heavy (non-hydrogen) atoms. The van der Waals surface area contributed by atoms with E-state index < -0.39 is 0 Å². The predicted octanol–water partition coefficient (Wildman–Crippen LogP) is 1.40. The second-order valence-electron chi connectivity index (χ2n) is 1.05. The third-order valence-corrected chi connectivity index (χ3v) is 0.471. The normalized spacial score (nSPS) is 7.38. The first-order valence-electron chi connectivity index (χ1n) is 2.64. The highest BCUT2D eigenvalue weighted by Gasteiger charge is 1.79. The van der Waals surface area contributed by atoms with Gasteiger partial charge < -0.3 is 0 Å². The maximum absolute atomic E-state index is 4.21. The number of aryl methyl sites for hydroxylation is 1. The van der Waals surface area contributed by atoms with E-state index in [0.29, 0.717) is 0 Å². The Balaban J connectivity index is 0.000000222. The Labute approximate surface area is 48.7 Å². The molecule has 0 atom stereocenters. The van der Waals surface area contributed by atoms with Crippen molar-refractivity contribution in [1.82, 2.24) is 10.3 Å². The molecule has 0 amide bonds. The van der Waals surface area contributed by atoms with Crippen LogP contribution >= 0.6 is 0 Å².